The minimum atomic E-state index is 0.743. The molecule has 0 bridgehead atoms. The zero-order valence-electron chi connectivity index (χ0n) is 15.5. The monoisotopic (exact) mass is 381 g/mol. The average Bonchev–Trinajstić information content (AvgIpc) is 3.28. The molecule has 0 aromatic carbocycles. The van der Waals surface area contributed by atoms with Gasteiger partial charge in [-0.3, -0.25) is 9.89 Å². The molecule has 2 saturated heterocycles. The zero-order valence-corrected chi connectivity index (χ0v) is 17.1. The lowest BCUT2D eigenvalue weighted by Gasteiger charge is -2.31. The molecule has 140 valence electrons. The number of likely N-dealkylation sites (tertiary alicyclic amines) is 1. The Balaban J connectivity index is 1.32. The molecule has 1 atom stereocenters. The Morgan fingerprint density at radius 1 is 1.28 bits per heavy atom. The highest BCUT2D eigenvalue weighted by Gasteiger charge is 2.20. The number of aryl methyl sites for hydroxylation is 1. The minimum absolute atomic E-state index is 0.743. The summed E-state index contributed by atoms with van der Waals surface area (Å²) >= 11 is 3.84. The van der Waals surface area contributed by atoms with Gasteiger partial charge in [0.25, 0.3) is 0 Å². The van der Waals surface area contributed by atoms with E-state index in [4.69, 9.17) is 0 Å². The van der Waals surface area contributed by atoms with E-state index in [0.29, 0.717) is 0 Å². The van der Waals surface area contributed by atoms with Crippen molar-refractivity contribution in [3.63, 3.8) is 0 Å². The lowest BCUT2D eigenvalue weighted by atomic mass is 9.97. The number of piperidine rings is 1. The molecular formula is C18H31N5S2. The number of aliphatic imine (C=N–C) groups is 1. The van der Waals surface area contributed by atoms with Crippen molar-refractivity contribution in [2.24, 2.45) is 10.9 Å². The first-order chi connectivity index (χ1) is 12.2. The summed E-state index contributed by atoms with van der Waals surface area (Å²) < 4.78 is 0. The zero-order chi connectivity index (χ0) is 17.5. The molecule has 7 heteroatoms. The lowest BCUT2D eigenvalue weighted by molar-refractivity contribution is 0.176. The number of thiazole rings is 1. The first-order valence-corrected chi connectivity index (χ1v) is 11.3. The summed E-state index contributed by atoms with van der Waals surface area (Å²) in [5.41, 5.74) is 1.23. The number of thioether (sulfide) groups is 1. The van der Waals surface area contributed by atoms with E-state index in [0.717, 1.165) is 36.8 Å². The summed E-state index contributed by atoms with van der Waals surface area (Å²) in [4.78, 5) is 11.5. The second-order valence-electron chi connectivity index (χ2n) is 7.05. The van der Waals surface area contributed by atoms with E-state index < -0.39 is 0 Å². The van der Waals surface area contributed by atoms with Crippen LogP contribution in [0, 0.1) is 12.8 Å². The highest BCUT2D eigenvalue weighted by atomic mass is 32.2. The van der Waals surface area contributed by atoms with Gasteiger partial charge in [0.1, 0.15) is 0 Å². The molecule has 3 rings (SSSR count). The van der Waals surface area contributed by atoms with Gasteiger partial charge in [0.15, 0.2) is 5.96 Å². The fourth-order valence-corrected chi connectivity index (χ4v) is 5.34. The molecule has 0 aliphatic carbocycles. The number of hydrogen-bond donors (Lipinski definition) is 2. The summed E-state index contributed by atoms with van der Waals surface area (Å²) in [6, 6.07) is 0. The van der Waals surface area contributed by atoms with Gasteiger partial charge in [-0.25, -0.2) is 4.98 Å². The standard InChI is InChI=1S/C18H31N5S2/c1-14-22-16(13-25-14)12-23-7-5-15(6-8-23)10-20-18(19-2)21-11-17-4-3-9-24-17/h13,15,17H,3-12H2,1-2H3,(H2,19,20,21). The second-order valence-corrected chi connectivity index (χ2v) is 9.52. The molecule has 0 saturated carbocycles. The number of guanidine groups is 1. The average molecular weight is 382 g/mol. The normalized spacial score (nSPS) is 23.1. The maximum atomic E-state index is 4.59. The van der Waals surface area contributed by atoms with Crippen molar-refractivity contribution in [2.45, 2.75) is 44.4 Å². The van der Waals surface area contributed by atoms with Crippen molar-refractivity contribution in [3.05, 3.63) is 16.1 Å². The van der Waals surface area contributed by atoms with Gasteiger partial charge in [-0.15, -0.1) is 11.3 Å². The van der Waals surface area contributed by atoms with E-state index in [-0.39, 0.29) is 0 Å². The van der Waals surface area contributed by atoms with E-state index in [1.165, 1.54) is 55.2 Å². The van der Waals surface area contributed by atoms with Crippen molar-refractivity contribution in [1.82, 2.24) is 20.5 Å². The van der Waals surface area contributed by atoms with Crippen LogP contribution in [-0.2, 0) is 6.54 Å². The Kier molecular flexibility index (Phi) is 7.43. The van der Waals surface area contributed by atoms with Crippen LogP contribution in [0.1, 0.15) is 36.4 Å². The Morgan fingerprint density at radius 3 is 2.72 bits per heavy atom. The van der Waals surface area contributed by atoms with Crippen LogP contribution in [0.2, 0.25) is 0 Å². The van der Waals surface area contributed by atoms with Gasteiger partial charge in [0.2, 0.25) is 0 Å². The fraction of sp³-hybridized carbons (Fsp3) is 0.778. The topological polar surface area (TPSA) is 52.6 Å². The maximum Gasteiger partial charge on any atom is 0.191 e. The largest absolute Gasteiger partial charge is 0.356 e. The van der Waals surface area contributed by atoms with Crippen LogP contribution >= 0.6 is 23.1 Å². The van der Waals surface area contributed by atoms with E-state index in [1.807, 2.05) is 7.05 Å². The second kappa shape index (κ2) is 9.78. The third kappa shape index (κ3) is 6.15. The summed E-state index contributed by atoms with van der Waals surface area (Å²) in [5.74, 6) is 3.03. The SMILES string of the molecule is CN=C(NCC1CCN(Cc2csc(C)n2)CC1)NCC1CCCS1. The third-order valence-electron chi connectivity index (χ3n) is 5.06. The minimum Gasteiger partial charge on any atom is -0.356 e. The molecule has 0 spiro atoms. The molecule has 0 radical (unpaired) electrons. The number of nitrogens with one attached hydrogen (secondary N) is 2. The first-order valence-electron chi connectivity index (χ1n) is 9.42. The molecule has 2 aliphatic rings. The first kappa shape index (κ1) is 19.0. The molecular weight excluding hydrogens is 350 g/mol. The maximum absolute atomic E-state index is 4.59. The molecule has 1 aromatic heterocycles. The Bertz CT molecular complexity index is 545. The smallest absolute Gasteiger partial charge is 0.191 e. The molecule has 2 aliphatic heterocycles. The van der Waals surface area contributed by atoms with Crippen LogP contribution in [0.25, 0.3) is 0 Å². The Hall–Kier alpha value is -0.790. The molecule has 1 aromatic rings. The van der Waals surface area contributed by atoms with Crippen molar-refractivity contribution < 1.29 is 0 Å². The molecule has 5 nitrogen and oxygen atoms in total. The van der Waals surface area contributed by atoms with Crippen LogP contribution in [0.5, 0.6) is 0 Å². The van der Waals surface area contributed by atoms with Gasteiger partial charge in [0, 0.05) is 37.3 Å². The highest BCUT2D eigenvalue weighted by Crippen LogP contribution is 2.25. The van der Waals surface area contributed by atoms with Gasteiger partial charge < -0.3 is 10.6 Å². The van der Waals surface area contributed by atoms with E-state index in [1.54, 1.807) is 11.3 Å². The molecule has 0 amide bonds. The van der Waals surface area contributed by atoms with E-state index in [2.05, 4.69) is 49.6 Å². The quantitative estimate of drug-likeness (QED) is 0.586. The van der Waals surface area contributed by atoms with Crippen molar-refractivity contribution in [1.29, 1.82) is 0 Å². The lowest BCUT2D eigenvalue weighted by Crippen LogP contribution is -2.44. The summed E-state index contributed by atoms with van der Waals surface area (Å²) in [7, 11) is 1.87. The summed E-state index contributed by atoms with van der Waals surface area (Å²) in [6.45, 7) is 7.50. The molecule has 1 unspecified atom stereocenters. The summed E-state index contributed by atoms with van der Waals surface area (Å²) in [5, 5.41) is 11.2. The van der Waals surface area contributed by atoms with Crippen molar-refractivity contribution in [3.8, 4) is 0 Å². The van der Waals surface area contributed by atoms with Gasteiger partial charge >= 0.3 is 0 Å². The van der Waals surface area contributed by atoms with Gasteiger partial charge in [-0.05, 0) is 57.4 Å². The predicted molar refractivity (Wildman–Crippen MR) is 110 cm³/mol. The molecule has 2 fully saturated rings. The van der Waals surface area contributed by atoms with Crippen molar-refractivity contribution >= 4 is 29.1 Å². The number of aromatic nitrogens is 1. The van der Waals surface area contributed by atoms with Crippen molar-refractivity contribution in [2.75, 3.05) is 39.0 Å². The Labute approximate surface area is 160 Å². The van der Waals surface area contributed by atoms with Crippen LogP contribution in [0.4, 0.5) is 0 Å². The van der Waals surface area contributed by atoms with E-state index in [9.17, 15) is 0 Å². The number of nitrogens with zero attached hydrogens (tertiary/aromatic N) is 3. The van der Waals surface area contributed by atoms with E-state index >= 15 is 0 Å². The summed E-state index contributed by atoms with van der Waals surface area (Å²) in [6.07, 6.45) is 5.21. The Morgan fingerprint density at radius 2 is 2.08 bits per heavy atom. The van der Waals surface area contributed by atoms with Crippen LogP contribution in [0.3, 0.4) is 0 Å². The van der Waals surface area contributed by atoms with Crippen LogP contribution in [-0.4, -0.2) is 60.1 Å². The molecule has 2 N–H and O–H groups in total. The number of hydrogen-bond acceptors (Lipinski definition) is 5. The fourth-order valence-electron chi connectivity index (χ4n) is 3.54. The van der Waals surface area contributed by atoms with Gasteiger partial charge in [-0.2, -0.15) is 11.8 Å². The van der Waals surface area contributed by atoms with Gasteiger partial charge in [0.05, 0.1) is 10.7 Å². The molecule has 25 heavy (non-hydrogen) atoms. The highest BCUT2D eigenvalue weighted by molar-refractivity contribution is 8.00. The number of rotatable bonds is 6. The van der Waals surface area contributed by atoms with Crippen LogP contribution in [0.15, 0.2) is 10.4 Å². The third-order valence-corrected chi connectivity index (χ3v) is 7.28. The predicted octanol–water partition coefficient (Wildman–Crippen LogP) is 2.72. The molecule has 3 heterocycles. The van der Waals surface area contributed by atoms with Crippen LogP contribution < -0.4 is 10.6 Å². The van der Waals surface area contributed by atoms with Gasteiger partial charge in [-0.1, -0.05) is 0 Å².